The Morgan fingerprint density at radius 2 is 1.92 bits per heavy atom. The molecule has 0 bridgehead atoms. The number of benzene rings is 1. The number of hydrogen-bond donors (Lipinski definition) is 0. The molecule has 5 nitrogen and oxygen atoms in total. The van der Waals surface area contributed by atoms with Crippen molar-refractivity contribution in [2.45, 2.75) is 12.3 Å². The lowest BCUT2D eigenvalue weighted by atomic mass is 10.1. The van der Waals surface area contributed by atoms with Crippen LogP contribution in [0.4, 0.5) is 5.69 Å². The smallest absolute Gasteiger partial charge is 0.153 e. The van der Waals surface area contributed by atoms with E-state index in [2.05, 4.69) is 34.1 Å². The Morgan fingerprint density at radius 3 is 2.58 bits per heavy atom. The molecule has 1 aromatic carbocycles. The third kappa shape index (κ3) is 3.34. The summed E-state index contributed by atoms with van der Waals surface area (Å²) in [5, 5.41) is 1.16. The van der Waals surface area contributed by atoms with Gasteiger partial charge in [-0.15, -0.1) is 11.3 Å². The van der Waals surface area contributed by atoms with Gasteiger partial charge in [-0.2, -0.15) is 0 Å². The van der Waals surface area contributed by atoms with Gasteiger partial charge in [0.05, 0.1) is 28.0 Å². The summed E-state index contributed by atoms with van der Waals surface area (Å²) in [7, 11) is -2.84. The molecular formula is C17H20N2O3S2. The average Bonchev–Trinajstić information content (AvgIpc) is 3.26. The van der Waals surface area contributed by atoms with Crippen molar-refractivity contribution >= 4 is 26.9 Å². The lowest BCUT2D eigenvalue weighted by molar-refractivity contribution is 0.194. The molecule has 0 aliphatic carbocycles. The third-order valence-electron chi connectivity index (χ3n) is 4.66. The number of aromatic nitrogens is 1. The summed E-state index contributed by atoms with van der Waals surface area (Å²) in [6, 6.07) is 8.35. The molecule has 0 amide bonds. The van der Waals surface area contributed by atoms with Crippen molar-refractivity contribution in [2.75, 3.05) is 42.7 Å². The van der Waals surface area contributed by atoms with Crippen LogP contribution >= 0.6 is 11.3 Å². The summed E-state index contributed by atoms with van der Waals surface area (Å²) in [6.45, 7) is 2.77. The Morgan fingerprint density at radius 1 is 1.17 bits per heavy atom. The molecule has 2 aliphatic rings. The zero-order valence-corrected chi connectivity index (χ0v) is 15.0. The Hall–Kier alpha value is -1.44. The van der Waals surface area contributed by atoms with E-state index in [0.29, 0.717) is 19.0 Å². The number of ether oxygens (including phenoxy) is 1. The first kappa shape index (κ1) is 16.1. The lowest BCUT2D eigenvalue weighted by Crippen LogP contribution is -2.40. The van der Waals surface area contributed by atoms with Gasteiger partial charge in [-0.1, -0.05) is 12.1 Å². The largest absolute Gasteiger partial charge is 0.381 e. The highest BCUT2D eigenvalue weighted by molar-refractivity contribution is 7.91. The lowest BCUT2D eigenvalue weighted by Gasteiger charge is -2.28. The van der Waals surface area contributed by atoms with Crippen LogP contribution in [0.1, 0.15) is 17.3 Å². The molecule has 2 aliphatic heterocycles. The fourth-order valence-electron chi connectivity index (χ4n) is 3.15. The number of nitrogens with zero attached hydrogens (tertiary/aromatic N) is 2. The predicted molar refractivity (Wildman–Crippen MR) is 96.6 cm³/mol. The van der Waals surface area contributed by atoms with Crippen molar-refractivity contribution in [3.63, 3.8) is 0 Å². The van der Waals surface area contributed by atoms with Crippen LogP contribution in [0, 0.1) is 0 Å². The molecule has 128 valence electrons. The average molecular weight is 364 g/mol. The minimum Gasteiger partial charge on any atom is -0.381 e. The minimum absolute atomic E-state index is 0.246. The summed E-state index contributed by atoms with van der Waals surface area (Å²) < 4.78 is 28.5. The van der Waals surface area contributed by atoms with E-state index >= 15 is 0 Å². The van der Waals surface area contributed by atoms with E-state index in [1.165, 1.54) is 4.88 Å². The van der Waals surface area contributed by atoms with Gasteiger partial charge in [0.15, 0.2) is 9.84 Å². The van der Waals surface area contributed by atoms with Gasteiger partial charge in [-0.3, -0.25) is 0 Å². The second kappa shape index (κ2) is 6.46. The van der Waals surface area contributed by atoms with E-state index in [0.717, 1.165) is 35.9 Å². The zero-order chi connectivity index (χ0) is 16.6. The SMILES string of the molecule is O=S1(=O)CCN(c2ccc(-c3cnc([C@@H]4CCOC4)s3)cc2)CC1. The van der Waals surface area contributed by atoms with Gasteiger partial charge in [-0.05, 0) is 24.1 Å². The molecule has 2 fully saturated rings. The summed E-state index contributed by atoms with van der Waals surface area (Å²) >= 11 is 1.74. The third-order valence-corrected chi connectivity index (χ3v) is 7.48. The molecule has 0 N–H and O–H groups in total. The number of sulfone groups is 1. The van der Waals surface area contributed by atoms with Crippen LogP contribution in [0.3, 0.4) is 0 Å². The van der Waals surface area contributed by atoms with Crippen molar-refractivity contribution in [2.24, 2.45) is 0 Å². The fraction of sp³-hybridized carbons (Fsp3) is 0.471. The maximum Gasteiger partial charge on any atom is 0.153 e. The number of thiazole rings is 1. The van der Waals surface area contributed by atoms with Gasteiger partial charge in [0.2, 0.25) is 0 Å². The van der Waals surface area contributed by atoms with E-state index in [-0.39, 0.29) is 11.5 Å². The Labute approximate surface area is 146 Å². The van der Waals surface area contributed by atoms with E-state index in [4.69, 9.17) is 4.74 Å². The maximum absolute atomic E-state index is 11.5. The van der Waals surface area contributed by atoms with Crippen LogP contribution in [0.5, 0.6) is 0 Å². The predicted octanol–water partition coefficient (Wildman–Crippen LogP) is 2.55. The van der Waals surface area contributed by atoms with Crippen molar-refractivity contribution in [3.05, 3.63) is 35.5 Å². The quantitative estimate of drug-likeness (QED) is 0.838. The summed E-state index contributed by atoms with van der Waals surface area (Å²) in [6.07, 6.45) is 3.00. The normalized spacial score (nSPS) is 23.5. The van der Waals surface area contributed by atoms with Crippen molar-refractivity contribution in [1.82, 2.24) is 4.98 Å². The van der Waals surface area contributed by atoms with Gasteiger partial charge >= 0.3 is 0 Å². The Kier molecular flexibility index (Phi) is 4.32. The first-order valence-corrected chi connectivity index (χ1v) is 10.8. The molecule has 3 heterocycles. The van der Waals surface area contributed by atoms with Gasteiger partial charge in [0.1, 0.15) is 0 Å². The molecule has 2 saturated heterocycles. The molecule has 2 aromatic rings. The van der Waals surface area contributed by atoms with Crippen LogP contribution in [0.15, 0.2) is 30.5 Å². The van der Waals surface area contributed by atoms with E-state index in [9.17, 15) is 8.42 Å². The van der Waals surface area contributed by atoms with Crippen molar-refractivity contribution in [3.8, 4) is 10.4 Å². The Balaban J connectivity index is 1.48. The Bertz CT molecular complexity index is 795. The molecule has 1 aromatic heterocycles. The second-order valence-corrected chi connectivity index (χ2v) is 9.67. The van der Waals surface area contributed by atoms with Gasteiger partial charge < -0.3 is 9.64 Å². The van der Waals surface area contributed by atoms with Crippen LogP contribution in [0.25, 0.3) is 10.4 Å². The maximum atomic E-state index is 11.5. The van der Waals surface area contributed by atoms with Crippen molar-refractivity contribution in [1.29, 1.82) is 0 Å². The summed E-state index contributed by atoms with van der Waals surface area (Å²) in [5.41, 5.74) is 2.24. The molecule has 0 spiro atoms. The van der Waals surface area contributed by atoms with E-state index in [1.54, 1.807) is 11.3 Å². The van der Waals surface area contributed by atoms with Crippen LogP contribution in [0.2, 0.25) is 0 Å². The monoisotopic (exact) mass is 364 g/mol. The van der Waals surface area contributed by atoms with Crippen LogP contribution < -0.4 is 4.90 Å². The molecule has 0 unspecified atom stereocenters. The topological polar surface area (TPSA) is 59.5 Å². The molecule has 0 saturated carbocycles. The van der Waals surface area contributed by atoms with E-state index in [1.807, 2.05) is 6.20 Å². The first-order chi connectivity index (χ1) is 11.6. The molecule has 4 rings (SSSR count). The van der Waals surface area contributed by atoms with Crippen LogP contribution in [-0.4, -0.2) is 51.2 Å². The molecule has 7 heteroatoms. The summed E-state index contributed by atoms with van der Waals surface area (Å²) in [5.74, 6) is 0.936. The molecule has 0 radical (unpaired) electrons. The molecule has 24 heavy (non-hydrogen) atoms. The second-order valence-electron chi connectivity index (χ2n) is 6.31. The number of anilines is 1. The number of hydrogen-bond acceptors (Lipinski definition) is 6. The zero-order valence-electron chi connectivity index (χ0n) is 13.3. The highest BCUT2D eigenvalue weighted by atomic mass is 32.2. The summed E-state index contributed by atoms with van der Waals surface area (Å²) in [4.78, 5) is 7.87. The van der Waals surface area contributed by atoms with Crippen LogP contribution in [-0.2, 0) is 14.6 Å². The van der Waals surface area contributed by atoms with Gasteiger partial charge in [-0.25, -0.2) is 13.4 Å². The fourth-order valence-corrected chi connectivity index (χ4v) is 5.39. The highest BCUT2D eigenvalue weighted by Gasteiger charge is 2.23. The standard InChI is InChI=1S/C17H20N2O3S2/c20-24(21)9-6-19(7-10-24)15-3-1-13(2-4-15)16-11-18-17(23-16)14-5-8-22-12-14/h1-4,11,14H,5-10,12H2/t14-/m1/s1. The number of rotatable bonds is 3. The van der Waals surface area contributed by atoms with E-state index < -0.39 is 9.84 Å². The van der Waals surface area contributed by atoms with Gasteiger partial charge in [0, 0.05) is 37.5 Å². The highest BCUT2D eigenvalue weighted by Crippen LogP contribution is 2.34. The van der Waals surface area contributed by atoms with Gasteiger partial charge in [0.25, 0.3) is 0 Å². The molecular weight excluding hydrogens is 344 g/mol. The first-order valence-electron chi connectivity index (χ1n) is 8.20. The van der Waals surface area contributed by atoms with Crippen molar-refractivity contribution < 1.29 is 13.2 Å². The minimum atomic E-state index is -2.84. The molecule has 1 atom stereocenters.